The van der Waals surface area contributed by atoms with Crippen molar-refractivity contribution in [2.75, 3.05) is 11.9 Å². The van der Waals surface area contributed by atoms with E-state index in [4.69, 9.17) is 0 Å². The van der Waals surface area contributed by atoms with E-state index in [1.165, 1.54) is 17.1 Å². The van der Waals surface area contributed by atoms with Gasteiger partial charge in [-0.1, -0.05) is 6.07 Å². The van der Waals surface area contributed by atoms with Crippen LogP contribution in [0.1, 0.15) is 17.8 Å². The van der Waals surface area contributed by atoms with Crippen LogP contribution in [-0.2, 0) is 0 Å². The molecule has 7 heteroatoms. The maximum absolute atomic E-state index is 12.0. The highest BCUT2D eigenvalue weighted by atomic mass is 32.1. The predicted octanol–water partition coefficient (Wildman–Crippen LogP) is 4.26. The van der Waals surface area contributed by atoms with Gasteiger partial charge in [0.1, 0.15) is 0 Å². The zero-order valence-electron chi connectivity index (χ0n) is 10.6. The van der Waals surface area contributed by atoms with E-state index in [9.17, 15) is 13.2 Å². The Bertz CT molecular complexity index is 526. The summed E-state index contributed by atoms with van der Waals surface area (Å²) in [6.07, 6.45) is -2.90. The van der Waals surface area contributed by atoms with Gasteiger partial charge in [-0.3, -0.25) is 0 Å². The van der Waals surface area contributed by atoms with E-state index in [-0.39, 0.29) is 11.9 Å². The number of aromatic nitrogens is 1. The lowest BCUT2D eigenvalue weighted by Gasteiger charge is -2.14. The average molecular weight is 302 g/mol. The molecular formula is C13H13F3N2OS. The molecule has 0 saturated heterocycles. The summed E-state index contributed by atoms with van der Waals surface area (Å²) in [6, 6.07) is 7.14. The summed E-state index contributed by atoms with van der Waals surface area (Å²) < 4.78 is 40.5. The van der Waals surface area contributed by atoms with Crippen LogP contribution in [0.25, 0.3) is 0 Å². The molecule has 1 unspecified atom stereocenters. The highest BCUT2D eigenvalue weighted by molar-refractivity contribution is 7.10. The van der Waals surface area contributed by atoms with E-state index in [0.717, 1.165) is 5.69 Å². The Morgan fingerprint density at radius 2 is 2.15 bits per heavy atom. The van der Waals surface area contributed by atoms with Gasteiger partial charge in [-0.2, -0.15) is 13.2 Å². The number of alkyl halides is 3. The molecule has 108 valence electrons. The number of rotatable bonds is 5. The van der Waals surface area contributed by atoms with Crippen molar-refractivity contribution in [3.05, 3.63) is 40.7 Å². The predicted molar refractivity (Wildman–Crippen MR) is 72.1 cm³/mol. The first-order valence-electron chi connectivity index (χ1n) is 5.89. The molecule has 2 rings (SSSR count). The minimum atomic E-state index is -4.35. The minimum Gasteiger partial charge on any atom is -0.468 e. The molecule has 2 aromatic heterocycles. The van der Waals surface area contributed by atoms with Crippen LogP contribution in [-0.4, -0.2) is 17.8 Å². The number of hydrogen-bond acceptors (Lipinski definition) is 4. The second kappa shape index (κ2) is 6.13. The summed E-state index contributed by atoms with van der Waals surface area (Å²) in [7, 11) is 0. The zero-order valence-corrected chi connectivity index (χ0v) is 11.5. The number of ether oxygens (including phenoxy) is 1. The largest absolute Gasteiger partial charge is 0.468 e. The monoisotopic (exact) mass is 302 g/mol. The standard InChI is InChI=1S/C13H13F3N2OS/c1-9(11-3-2-6-20-11)18-10-4-5-12(17-7-10)19-8-13(14,15)16/h2-7,9,18H,8H2,1H3. The highest BCUT2D eigenvalue weighted by Gasteiger charge is 2.28. The molecule has 0 fully saturated rings. The number of nitrogens with one attached hydrogen (secondary N) is 1. The molecule has 0 amide bonds. The Morgan fingerprint density at radius 1 is 1.35 bits per heavy atom. The first-order chi connectivity index (χ1) is 9.44. The van der Waals surface area contributed by atoms with Crippen LogP contribution in [0.5, 0.6) is 5.88 Å². The van der Waals surface area contributed by atoms with E-state index < -0.39 is 12.8 Å². The van der Waals surface area contributed by atoms with Crippen molar-refractivity contribution in [3.8, 4) is 5.88 Å². The van der Waals surface area contributed by atoms with E-state index in [0.29, 0.717) is 0 Å². The van der Waals surface area contributed by atoms with Crippen molar-refractivity contribution < 1.29 is 17.9 Å². The Labute approximate surface area is 118 Å². The minimum absolute atomic E-state index is 0.0448. The van der Waals surface area contributed by atoms with E-state index >= 15 is 0 Å². The third kappa shape index (κ3) is 4.41. The molecule has 0 radical (unpaired) electrons. The zero-order chi connectivity index (χ0) is 14.6. The molecule has 3 nitrogen and oxygen atoms in total. The molecule has 2 aromatic rings. The Morgan fingerprint density at radius 3 is 2.70 bits per heavy atom. The van der Waals surface area contributed by atoms with Crippen molar-refractivity contribution in [3.63, 3.8) is 0 Å². The van der Waals surface area contributed by atoms with Gasteiger partial charge in [0.05, 0.1) is 17.9 Å². The molecule has 0 aliphatic rings. The van der Waals surface area contributed by atoms with Gasteiger partial charge in [0.2, 0.25) is 5.88 Å². The van der Waals surface area contributed by atoms with Crippen LogP contribution in [0.4, 0.5) is 18.9 Å². The smallest absolute Gasteiger partial charge is 0.422 e. The number of hydrogen-bond donors (Lipinski definition) is 1. The van der Waals surface area contributed by atoms with Gasteiger partial charge in [0, 0.05) is 10.9 Å². The SMILES string of the molecule is CC(Nc1ccc(OCC(F)(F)F)nc1)c1cccs1. The van der Waals surface area contributed by atoms with Gasteiger partial charge in [-0.15, -0.1) is 11.3 Å². The topological polar surface area (TPSA) is 34.1 Å². The molecule has 20 heavy (non-hydrogen) atoms. The summed E-state index contributed by atoms with van der Waals surface area (Å²) in [5.74, 6) is -0.0448. The van der Waals surface area contributed by atoms with Crippen molar-refractivity contribution in [1.29, 1.82) is 0 Å². The summed E-state index contributed by atoms with van der Waals surface area (Å²) in [5, 5.41) is 5.20. The van der Waals surface area contributed by atoms with E-state index in [1.54, 1.807) is 17.4 Å². The third-order valence-corrected chi connectivity index (χ3v) is 3.53. The second-order valence-electron chi connectivity index (χ2n) is 4.17. The van der Waals surface area contributed by atoms with Crippen LogP contribution in [0.2, 0.25) is 0 Å². The van der Waals surface area contributed by atoms with Gasteiger partial charge in [-0.25, -0.2) is 4.98 Å². The van der Waals surface area contributed by atoms with Gasteiger partial charge >= 0.3 is 6.18 Å². The van der Waals surface area contributed by atoms with Crippen LogP contribution in [0.3, 0.4) is 0 Å². The van der Waals surface area contributed by atoms with Crippen molar-refractivity contribution in [2.24, 2.45) is 0 Å². The Hall–Kier alpha value is -1.76. The van der Waals surface area contributed by atoms with Gasteiger partial charge in [0.15, 0.2) is 6.61 Å². The molecule has 0 aliphatic carbocycles. The summed E-state index contributed by atoms with van der Waals surface area (Å²) in [4.78, 5) is 5.00. The molecule has 2 heterocycles. The quantitative estimate of drug-likeness (QED) is 0.896. The van der Waals surface area contributed by atoms with E-state index in [2.05, 4.69) is 15.0 Å². The number of nitrogens with zero attached hydrogens (tertiary/aromatic N) is 1. The molecule has 0 spiro atoms. The fraction of sp³-hybridized carbons (Fsp3) is 0.308. The Kier molecular flexibility index (Phi) is 4.49. The fourth-order valence-electron chi connectivity index (χ4n) is 1.57. The normalized spacial score (nSPS) is 13.0. The van der Waals surface area contributed by atoms with Crippen LogP contribution >= 0.6 is 11.3 Å². The Balaban J connectivity index is 1.91. The maximum atomic E-state index is 12.0. The molecule has 1 N–H and O–H groups in total. The molecule has 0 aromatic carbocycles. The number of halogens is 3. The molecule has 0 aliphatic heterocycles. The second-order valence-corrected chi connectivity index (χ2v) is 5.15. The van der Waals surface area contributed by atoms with Crippen LogP contribution in [0.15, 0.2) is 35.8 Å². The lowest BCUT2D eigenvalue weighted by atomic mass is 10.2. The van der Waals surface area contributed by atoms with E-state index in [1.807, 2.05) is 24.4 Å². The fourth-order valence-corrected chi connectivity index (χ4v) is 2.30. The number of pyridine rings is 1. The summed E-state index contributed by atoms with van der Waals surface area (Å²) in [5.41, 5.74) is 0.727. The van der Waals surface area contributed by atoms with Crippen LogP contribution < -0.4 is 10.1 Å². The van der Waals surface area contributed by atoms with Crippen molar-refractivity contribution in [2.45, 2.75) is 19.1 Å². The van der Waals surface area contributed by atoms with Gasteiger partial charge < -0.3 is 10.1 Å². The van der Waals surface area contributed by atoms with Gasteiger partial charge in [-0.05, 0) is 24.4 Å². The average Bonchev–Trinajstić information content (AvgIpc) is 2.91. The molecule has 1 atom stereocenters. The molecular weight excluding hydrogens is 289 g/mol. The molecule has 0 bridgehead atoms. The highest BCUT2D eigenvalue weighted by Crippen LogP contribution is 2.23. The maximum Gasteiger partial charge on any atom is 0.422 e. The molecule has 0 saturated carbocycles. The number of anilines is 1. The first kappa shape index (κ1) is 14.6. The summed E-state index contributed by atoms with van der Waals surface area (Å²) in [6.45, 7) is 0.665. The van der Waals surface area contributed by atoms with Gasteiger partial charge in [0.25, 0.3) is 0 Å². The number of thiophene rings is 1. The van der Waals surface area contributed by atoms with Crippen LogP contribution in [0, 0.1) is 0 Å². The lowest BCUT2D eigenvalue weighted by Crippen LogP contribution is -2.19. The van der Waals surface area contributed by atoms with Crippen molar-refractivity contribution >= 4 is 17.0 Å². The van der Waals surface area contributed by atoms with Crippen molar-refractivity contribution in [1.82, 2.24) is 4.98 Å². The third-order valence-electron chi connectivity index (χ3n) is 2.47. The summed E-state index contributed by atoms with van der Waals surface area (Å²) >= 11 is 1.63. The lowest BCUT2D eigenvalue weighted by molar-refractivity contribution is -0.154. The first-order valence-corrected chi connectivity index (χ1v) is 6.77.